The molecule has 2 rings (SSSR count). The Morgan fingerprint density at radius 2 is 1.82 bits per heavy atom. The quantitative estimate of drug-likeness (QED) is 0.585. The molecule has 1 heterocycles. The van der Waals surface area contributed by atoms with Crippen molar-refractivity contribution in [2.45, 2.75) is 13.8 Å². The highest BCUT2D eigenvalue weighted by Crippen LogP contribution is 2.24. The fraction of sp³-hybridized carbons (Fsp3) is 0.154. The molecule has 0 bridgehead atoms. The number of nitro benzene ring substituents is 1. The van der Waals surface area contributed by atoms with Crippen LogP contribution in [0, 0.1) is 24.0 Å². The molecular weight excluding hydrogens is 216 g/mol. The van der Waals surface area contributed by atoms with Gasteiger partial charge in [-0.15, -0.1) is 0 Å². The van der Waals surface area contributed by atoms with Crippen LogP contribution in [0.25, 0.3) is 11.1 Å². The summed E-state index contributed by atoms with van der Waals surface area (Å²) < 4.78 is 0. The maximum Gasteiger partial charge on any atom is 0.269 e. The van der Waals surface area contributed by atoms with Gasteiger partial charge in [0.2, 0.25) is 0 Å². The minimum Gasteiger partial charge on any atom is -0.261 e. The number of aromatic nitrogens is 1. The number of hydrogen-bond acceptors (Lipinski definition) is 3. The van der Waals surface area contributed by atoms with Gasteiger partial charge in [0, 0.05) is 29.6 Å². The second-order valence-electron chi connectivity index (χ2n) is 3.94. The van der Waals surface area contributed by atoms with Gasteiger partial charge in [0.05, 0.1) is 4.92 Å². The number of nitro groups is 1. The van der Waals surface area contributed by atoms with E-state index in [9.17, 15) is 10.1 Å². The Bertz CT molecular complexity index is 562. The van der Waals surface area contributed by atoms with Gasteiger partial charge in [-0.1, -0.05) is 0 Å². The van der Waals surface area contributed by atoms with Crippen LogP contribution in [0.15, 0.2) is 36.5 Å². The second kappa shape index (κ2) is 4.33. The Morgan fingerprint density at radius 3 is 2.35 bits per heavy atom. The van der Waals surface area contributed by atoms with Crippen molar-refractivity contribution >= 4 is 5.69 Å². The van der Waals surface area contributed by atoms with E-state index in [0.29, 0.717) is 0 Å². The Hall–Kier alpha value is -2.23. The van der Waals surface area contributed by atoms with Crippen LogP contribution in [0.1, 0.15) is 11.3 Å². The van der Waals surface area contributed by atoms with Crippen molar-refractivity contribution in [2.75, 3.05) is 0 Å². The normalized spacial score (nSPS) is 10.2. The van der Waals surface area contributed by atoms with Crippen molar-refractivity contribution < 1.29 is 4.92 Å². The summed E-state index contributed by atoms with van der Waals surface area (Å²) in [6.45, 7) is 3.94. The Labute approximate surface area is 99.1 Å². The molecule has 0 aliphatic carbocycles. The molecule has 1 aromatic carbocycles. The van der Waals surface area contributed by atoms with Gasteiger partial charge in [-0.25, -0.2) is 0 Å². The van der Waals surface area contributed by atoms with Crippen molar-refractivity contribution in [1.82, 2.24) is 4.98 Å². The molecular formula is C13H12N2O2. The van der Waals surface area contributed by atoms with Gasteiger partial charge < -0.3 is 0 Å². The lowest BCUT2D eigenvalue weighted by Crippen LogP contribution is -1.90. The molecule has 17 heavy (non-hydrogen) atoms. The van der Waals surface area contributed by atoms with E-state index in [0.717, 1.165) is 22.4 Å². The van der Waals surface area contributed by atoms with Gasteiger partial charge in [-0.3, -0.25) is 15.1 Å². The summed E-state index contributed by atoms with van der Waals surface area (Å²) in [6.07, 6.45) is 1.80. The average molecular weight is 228 g/mol. The number of hydrogen-bond donors (Lipinski definition) is 0. The minimum absolute atomic E-state index is 0.103. The first-order valence-corrected chi connectivity index (χ1v) is 5.26. The van der Waals surface area contributed by atoms with E-state index in [1.165, 1.54) is 12.1 Å². The summed E-state index contributed by atoms with van der Waals surface area (Å²) in [7, 11) is 0. The molecule has 86 valence electrons. The summed E-state index contributed by atoms with van der Waals surface area (Å²) in [5.74, 6) is 0. The molecule has 2 aromatic rings. The van der Waals surface area contributed by atoms with Crippen molar-refractivity contribution in [2.24, 2.45) is 0 Å². The predicted octanol–water partition coefficient (Wildman–Crippen LogP) is 3.27. The Morgan fingerprint density at radius 1 is 1.18 bits per heavy atom. The van der Waals surface area contributed by atoms with Crippen molar-refractivity contribution in [1.29, 1.82) is 0 Å². The molecule has 0 saturated carbocycles. The van der Waals surface area contributed by atoms with Crippen LogP contribution in [-0.4, -0.2) is 9.91 Å². The zero-order valence-electron chi connectivity index (χ0n) is 9.68. The molecule has 0 N–H and O–H groups in total. The van der Waals surface area contributed by atoms with Crippen LogP contribution in [0.3, 0.4) is 0 Å². The number of rotatable bonds is 2. The van der Waals surface area contributed by atoms with Crippen molar-refractivity contribution in [3.63, 3.8) is 0 Å². The molecule has 0 radical (unpaired) electrons. The predicted molar refractivity (Wildman–Crippen MR) is 65.8 cm³/mol. The van der Waals surface area contributed by atoms with Gasteiger partial charge in [0.25, 0.3) is 5.69 Å². The second-order valence-corrected chi connectivity index (χ2v) is 3.94. The van der Waals surface area contributed by atoms with E-state index < -0.39 is 4.92 Å². The summed E-state index contributed by atoms with van der Waals surface area (Å²) in [6, 6.07) is 8.51. The van der Waals surface area contributed by atoms with E-state index in [2.05, 4.69) is 4.98 Å². The van der Waals surface area contributed by atoms with Crippen LogP contribution in [-0.2, 0) is 0 Å². The lowest BCUT2D eigenvalue weighted by molar-refractivity contribution is -0.384. The van der Waals surface area contributed by atoms with Crippen LogP contribution < -0.4 is 0 Å². The lowest BCUT2D eigenvalue weighted by Gasteiger charge is -2.05. The molecule has 0 saturated heterocycles. The number of pyridine rings is 1. The van der Waals surface area contributed by atoms with E-state index in [-0.39, 0.29) is 5.69 Å². The molecule has 4 nitrogen and oxygen atoms in total. The smallest absolute Gasteiger partial charge is 0.261 e. The fourth-order valence-electron chi connectivity index (χ4n) is 1.76. The van der Waals surface area contributed by atoms with Crippen molar-refractivity contribution in [3.05, 3.63) is 57.9 Å². The largest absolute Gasteiger partial charge is 0.269 e. The number of aryl methyl sites for hydroxylation is 2. The number of nitrogens with zero attached hydrogens (tertiary/aromatic N) is 2. The first-order chi connectivity index (χ1) is 8.08. The highest BCUT2D eigenvalue weighted by Gasteiger charge is 2.07. The zero-order chi connectivity index (χ0) is 12.4. The van der Waals surface area contributed by atoms with Crippen LogP contribution in [0.4, 0.5) is 5.69 Å². The Kier molecular flexibility index (Phi) is 2.87. The van der Waals surface area contributed by atoms with Crippen LogP contribution in [0.2, 0.25) is 0 Å². The van der Waals surface area contributed by atoms with Gasteiger partial charge in [-0.05, 0) is 43.2 Å². The molecule has 0 spiro atoms. The summed E-state index contributed by atoms with van der Waals surface area (Å²) in [5, 5.41) is 10.6. The maximum atomic E-state index is 10.6. The van der Waals surface area contributed by atoms with Crippen LogP contribution in [0.5, 0.6) is 0 Å². The minimum atomic E-state index is -0.399. The van der Waals surface area contributed by atoms with Crippen LogP contribution >= 0.6 is 0 Å². The molecule has 0 atom stereocenters. The monoisotopic (exact) mass is 228 g/mol. The summed E-state index contributed by atoms with van der Waals surface area (Å²) >= 11 is 0. The highest BCUT2D eigenvalue weighted by atomic mass is 16.6. The highest BCUT2D eigenvalue weighted by molar-refractivity contribution is 5.67. The van der Waals surface area contributed by atoms with E-state index in [1.54, 1.807) is 18.3 Å². The Balaban J connectivity index is 2.43. The van der Waals surface area contributed by atoms with E-state index >= 15 is 0 Å². The molecule has 1 aromatic heterocycles. The third-order valence-corrected chi connectivity index (χ3v) is 2.64. The van der Waals surface area contributed by atoms with E-state index in [4.69, 9.17) is 0 Å². The van der Waals surface area contributed by atoms with Gasteiger partial charge >= 0.3 is 0 Å². The SMILES string of the molecule is Cc1cc(C)c(-c2ccc([N+](=O)[O-])cc2)cn1. The summed E-state index contributed by atoms with van der Waals surface area (Å²) in [4.78, 5) is 14.4. The molecule has 0 aliphatic rings. The third-order valence-electron chi connectivity index (χ3n) is 2.64. The first kappa shape index (κ1) is 11.3. The number of benzene rings is 1. The number of non-ortho nitro benzene ring substituents is 1. The molecule has 0 amide bonds. The third kappa shape index (κ3) is 2.30. The molecule has 0 aliphatic heterocycles. The fourth-order valence-corrected chi connectivity index (χ4v) is 1.76. The molecule has 4 heteroatoms. The molecule has 0 unspecified atom stereocenters. The maximum absolute atomic E-state index is 10.6. The zero-order valence-corrected chi connectivity index (χ0v) is 9.68. The van der Waals surface area contributed by atoms with E-state index in [1.807, 2.05) is 19.9 Å². The average Bonchev–Trinajstić information content (AvgIpc) is 2.29. The summed E-state index contributed by atoms with van der Waals surface area (Å²) in [5.41, 5.74) is 4.14. The molecule has 0 fully saturated rings. The van der Waals surface area contributed by atoms with Gasteiger partial charge in [0.15, 0.2) is 0 Å². The topological polar surface area (TPSA) is 56.0 Å². The first-order valence-electron chi connectivity index (χ1n) is 5.26. The van der Waals surface area contributed by atoms with Crippen molar-refractivity contribution in [3.8, 4) is 11.1 Å². The van der Waals surface area contributed by atoms with Gasteiger partial charge in [0.1, 0.15) is 0 Å². The standard InChI is InChI=1S/C13H12N2O2/c1-9-7-10(2)14-8-13(9)11-3-5-12(6-4-11)15(16)17/h3-8H,1-2H3. The lowest BCUT2D eigenvalue weighted by atomic mass is 10.0. The van der Waals surface area contributed by atoms with Gasteiger partial charge in [-0.2, -0.15) is 0 Å².